The van der Waals surface area contributed by atoms with Crippen molar-refractivity contribution in [3.05, 3.63) is 90.7 Å². The molecule has 144 valence electrons. The molecule has 4 N–H and O–H groups in total. The average molecular weight is 385 g/mol. The van der Waals surface area contributed by atoms with Gasteiger partial charge in [-0.3, -0.25) is 14.8 Å². The number of hydrogen-bond acceptors (Lipinski definition) is 6. The van der Waals surface area contributed by atoms with Crippen LogP contribution < -0.4 is 15.8 Å². The Morgan fingerprint density at radius 2 is 1.83 bits per heavy atom. The van der Waals surface area contributed by atoms with E-state index in [1.54, 1.807) is 67.3 Å². The summed E-state index contributed by atoms with van der Waals surface area (Å²) in [5.74, 6) is 0.975. The molecule has 7 heteroatoms. The zero-order valence-corrected chi connectivity index (χ0v) is 15.4. The number of aromatic nitrogens is 2. The molecule has 0 bridgehead atoms. The fourth-order valence-electron chi connectivity index (χ4n) is 2.52. The van der Waals surface area contributed by atoms with Crippen LogP contribution in [0.4, 0.5) is 5.69 Å². The first-order chi connectivity index (χ1) is 14.2. The van der Waals surface area contributed by atoms with Crippen molar-refractivity contribution in [3.8, 4) is 11.5 Å². The molecule has 0 atom stereocenters. The molecule has 3 aromatic rings. The smallest absolute Gasteiger partial charge is 0.248 e. The number of nitrogens with two attached hydrogens (primary N) is 1. The first kappa shape index (κ1) is 19.5. The third-order valence-electron chi connectivity index (χ3n) is 3.90. The maximum atomic E-state index is 12.2. The number of benzene rings is 1. The standard InChI is InChI=1S/C22H19N5O2/c23-12-17(13-24)21-9-11-26-14-16(21)3-8-22(28)27-18-4-6-19(7-5-18)29-20-2-1-10-25-15-20/h1-15,23H,24H2,(H,27,28)/b8-3+,17-13+,23-12?. The Kier molecular flexibility index (Phi) is 6.46. The van der Waals surface area contributed by atoms with Gasteiger partial charge in [0.2, 0.25) is 5.91 Å². The summed E-state index contributed by atoms with van der Waals surface area (Å²) < 4.78 is 5.67. The van der Waals surface area contributed by atoms with Gasteiger partial charge in [-0.2, -0.15) is 0 Å². The maximum absolute atomic E-state index is 12.2. The molecule has 0 fully saturated rings. The molecule has 0 aliphatic rings. The lowest BCUT2D eigenvalue weighted by molar-refractivity contribution is -0.111. The van der Waals surface area contributed by atoms with Gasteiger partial charge in [0, 0.05) is 53.9 Å². The third kappa shape index (κ3) is 5.36. The van der Waals surface area contributed by atoms with Gasteiger partial charge in [-0.05, 0) is 54.1 Å². The summed E-state index contributed by atoms with van der Waals surface area (Å²) in [6, 6.07) is 12.3. The molecule has 1 amide bonds. The topological polar surface area (TPSA) is 114 Å². The second kappa shape index (κ2) is 9.61. The number of allylic oxidation sites excluding steroid dienone is 1. The number of ether oxygens (including phenoxy) is 1. The molecule has 0 saturated heterocycles. The highest BCUT2D eigenvalue weighted by Gasteiger charge is 2.05. The first-order valence-electron chi connectivity index (χ1n) is 8.73. The third-order valence-corrected chi connectivity index (χ3v) is 3.90. The lowest BCUT2D eigenvalue weighted by Crippen LogP contribution is -2.07. The number of amides is 1. The van der Waals surface area contributed by atoms with Gasteiger partial charge in [-0.25, -0.2) is 0 Å². The predicted molar refractivity (Wildman–Crippen MR) is 114 cm³/mol. The number of anilines is 1. The highest BCUT2D eigenvalue weighted by atomic mass is 16.5. The quantitative estimate of drug-likeness (QED) is 0.422. The normalized spacial score (nSPS) is 11.2. The van der Waals surface area contributed by atoms with E-state index >= 15 is 0 Å². The number of carbonyl (C=O) groups is 1. The molecule has 0 aliphatic heterocycles. The molecular weight excluding hydrogens is 366 g/mol. The molecule has 0 saturated carbocycles. The van der Waals surface area contributed by atoms with Gasteiger partial charge in [0.25, 0.3) is 0 Å². The van der Waals surface area contributed by atoms with Gasteiger partial charge < -0.3 is 21.2 Å². The fourth-order valence-corrected chi connectivity index (χ4v) is 2.52. The van der Waals surface area contributed by atoms with Crippen LogP contribution >= 0.6 is 0 Å². The van der Waals surface area contributed by atoms with Gasteiger partial charge in [-0.15, -0.1) is 0 Å². The number of rotatable bonds is 7. The number of pyridine rings is 2. The Morgan fingerprint density at radius 3 is 2.52 bits per heavy atom. The van der Waals surface area contributed by atoms with Crippen molar-refractivity contribution in [2.24, 2.45) is 5.73 Å². The van der Waals surface area contributed by atoms with Crippen LogP contribution in [0, 0.1) is 5.41 Å². The summed E-state index contributed by atoms with van der Waals surface area (Å²) in [7, 11) is 0. The van der Waals surface area contributed by atoms with E-state index in [1.807, 2.05) is 6.07 Å². The van der Waals surface area contributed by atoms with Crippen LogP contribution in [0.5, 0.6) is 11.5 Å². The van der Waals surface area contributed by atoms with Crippen LogP contribution in [0.2, 0.25) is 0 Å². The van der Waals surface area contributed by atoms with E-state index in [-0.39, 0.29) is 5.91 Å². The largest absolute Gasteiger partial charge is 0.456 e. The van der Waals surface area contributed by atoms with Gasteiger partial charge in [0.05, 0.1) is 6.20 Å². The molecule has 0 unspecified atom stereocenters. The molecule has 0 radical (unpaired) electrons. The van der Waals surface area contributed by atoms with E-state index in [0.29, 0.717) is 28.3 Å². The second-order valence-corrected chi connectivity index (χ2v) is 5.87. The van der Waals surface area contributed by atoms with E-state index in [9.17, 15) is 4.79 Å². The minimum atomic E-state index is -0.297. The van der Waals surface area contributed by atoms with E-state index in [2.05, 4.69) is 15.3 Å². The maximum Gasteiger partial charge on any atom is 0.248 e. The van der Waals surface area contributed by atoms with Crippen molar-refractivity contribution in [2.75, 3.05) is 5.32 Å². The van der Waals surface area contributed by atoms with Crippen LogP contribution in [0.3, 0.4) is 0 Å². The average Bonchev–Trinajstić information content (AvgIpc) is 2.76. The number of carbonyl (C=O) groups excluding carboxylic acids is 1. The van der Waals surface area contributed by atoms with Gasteiger partial charge in [0.15, 0.2) is 0 Å². The Balaban J connectivity index is 1.65. The zero-order valence-electron chi connectivity index (χ0n) is 15.4. The molecule has 0 spiro atoms. The van der Waals surface area contributed by atoms with E-state index in [1.165, 1.54) is 12.3 Å². The van der Waals surface area contributed by atoms with Crippen molar-refractivity contribution in [3.63, 3.8) is 0 Å². The van der Waals surface area contributed by atoms with E-state index < -0.39 is 0 Å². The molecule has 3 rings (SSSR count). The molecule has 2 aromatic heterocycles. The van der Waals surface area contributed by atoms with Crippen molar-refractivity contribution in [1.82, 2.24) is 9.97 Å². The number of nitrogens with one attached hydrogen (secondary N) is 2. The summed E-state index contributed by atoms with van der Waals surface area (Å²) in [6.07, 6.45) is 12.0. The van der Waals surface area contributed by atoms with Crippen LogP contribution in [0.25, 0.3) is 11.6 Å². The summed E-state index contributed by atoms with van der Waals surface area (Å²) in [5, 5.41) is 10.2. The SMILES string of the molecule is N=C/C(=C\N)c1ccncc1/C=C/C(=O)Nc1ccc(Oc2cccnc2)cc1. The van der Waals surface area contributed by atoms with Crippen molar-refractivity contribution < 1.29 is 9.53 Å². The van der Waals surface area contributed by atoms with E-state index in [0.717, 1.165) is 11.8 Å². The molecule has 1 aromatic carbocycles. The zero-order chi connectivity index (χ0) is 20.5. The lowest BCUT2D eigenvalue weighted by Gasteiger charge is -2.07. The Morgan fingerprint density at radius 1 is 1.03 bits per heavy atom. The molecular formula is C22H19N5O2. The van der Waals surface area contributed by atoms with Crippen molar-refractivity contribution in [1.29, 1.82) is 5.41 Å². The second-order valence-electron chi connectivity index (χ2n) is 5.87. The summed E-state index contributed by atoms with van der Waals surface area (Å²) in [4.78, 5) is 20.3. The van der Waals surface area contributed by atoms with Gasteiger partial charge in [0.1, 0.15) is 11.5 Å². The Bertz CT molecular complexity index is 1040. The highest BCUT2D eigenvalue weighted by molar-refractivity contribution is 6.10. The van der Waals surface area contributed by atoms with Gasteiger partial charge >= 0.3 is 0 Å². The number of hydrogen-bond donors (Lipinski definition) is 3. The first-order valence-corrected chi connectivity index (χ1v) is 8.73. The lowest BCUT2D eigenvalue weighted by atomic mass is 10.0. The van der Waals surface area contributed by atoms with Gasteiger partial charge in [-0.1, -0.05) is 0 Å². The fraction of sp³-hybridized carbons (Fsp3) is 0. The summed E-state index contributed by atoms with van der Waals surface area (Å²) in [5.41, 5.74) is 8.13. The molecule has 0 aliphatic carbocycles. The predicted octanol–water partition coefficient (Wildman–Crippen LogP) is 3.87. The molecule has 2 heterocycles. The number of nitrogens with zero attached hydrogens (tertiary/aromatic N) is 2. The highest BCUT2D eigenvalue weighted by Crippen LogP contribution is 2.22. The molecule has 7 nitrogen and oxygen atoms in total. The van der Waals surface area contributed by atoms with Crippen LogP contribution in [0.15, 0.2) is 79.5 Å². The molecule has 29 heavy (non-hydrogen) atoms. The monoisotopic (exact) mass is 385 g/mol. The summed E-state index contributed by atoms with van der Waals surface area (Å²) in [6.45, 7) is 0. The van der Waals surface area contributed by atoms with Crippen molar-refractivity contribution in [2.45, 2.75) is 0 Å². The minimum Gasteiger partial charge on any atom is -0.456 e. The Hall–Kier alpha value is -4.26. The van der Waals surface area contributed by atoms with Crippen molar-refractivity contribution >= 4 is 29.5 Å². The van der Waals surface area contributed by atoms with Crippen LogP contribution in [0.1, 0.15) is 11.1 Å². The minimum absolute atomic E-state index is 0.297. The summed E-state index contributed by atoms with van der Waals surface area (Å²) >= 11 is 0. The van der Waals surface area contributed by atoms with Crippen LogP contribution in [-0.4, -0.2) is 22.1 Å². The Labute approximate surface area is 168 Å². The van der Waals surface area contributed by atoms with E-state index in [4.69, 9.17) is 15.9 Å². The van der Waals surface area contributed by atoms with Crippen LogP contribution in [-0.2, 0) is 4.79 Å².